The van der Waals surface area contributed by atoms with Gasteiger partial charge >= 0.3 is 0 Å². The Kier molecular flexibility index (Phi) is 3.57. The second-order valence-corrected chi connectivity index (χ2v) is 5.41. The van der Waals surface area contributed by atoms with Crippen LogP contribution in [0.2, 0.25) is 0 Å². The van der Waals surface area contributed by atoms with Gasteiger partial charge in [-0.25, -0.2) is 9.97 Å². The van der Waals surface area contributed by atoms with Crippen LogP contribution in [0, 0.1) is 6.92 Å². The van der Waals surface area contributed by atoms with Gasteiger partial charge in [-0.3, -0.25) is 0 Å². The molecule has 4 heteroatoms. The van der Waals surface area contributed by atoms with Gasteiger partial charge in [0.25, 0.3) is 0 Å². The Morgan fingerprint density at radius 3 is 2.94 bits per heavy atom. The van der Waals surface area contributed by atoms with Gasteiger partial charge in [0.2, 0.25) is 0 Å². The van der Waals surface area contributed by atoms with Gasteiger partial charge in [-0.2, -0.15) is 0 Å². The molecule has 1 aromatic rings. The molecule has 1 saturated carbocycles. The van der Waals surface area contributed by atoms with Crippen molar-refractivity contribution in [1.29, 1.82) is 0 Å². The van der Waals surface area contributed by atoms with E-state index in [-0.39, 0.29) is 0 Å². The van der Waals surface area contributed by atoms with Crippen LogP contribution >= 0.6 is 0 Å². The molecule has 4 nitrogen and oxygen atoms in total. The molecule has 1 N–H and O–H groups in total. The van der Waals surface area contributed by atoms with Crippen molar-refractivity contribution in [2.24, 2.45) is 0 Å². The molecule has 1 aliphatic heterocycles. The monoisotopic (exact) mass is 247 g/mol. The first-order valence-corrected chi connectivity index (χ1v) is 6.97. The van der Waals surface area contributed by atoms with E-state index < -0.39 is 0 Å². The van der Waals surface area contributed by atoms with Crippen molar-refractivity contribution in [3.63, 3.8) is 0 Å². The van der Waals surface area contributed by atoms with E-state index in [2.05, 4.69) is 23.3 Å². The number of aromatic nitrogens is 2. The van der Waals surface area contributed by atoms with Crippen molar-refractivity contribution in [2.75, 3.05) is 19.8 Å². The Balaban J connectivity index is 1.71. The van der Waals surface area contributed by atoms with E-state index in [0.717, 1.165) is 37.7 Å². The molecule has 1 aromatic heterocycles. The third kappa shape index (κ3) is 2.70. The number of hydrogen-bond acceptors (Lipinski definition) is 4. The van der Waals surface area contributed by atoms with Crippen LogP contribution < -0.4 is 5.32 Å². The van der Waals surface area contributed by atoms with Crippen LogP contribution in [0.4, 0.5) is 0 Å². The van der Waals surface area contributed by atoms with Gasteiger partial charge in [-0.15, -0.1) is 0 Å². The number of ether oxygens (including phenoxy) is 1. The highest BCUT2D eigenvalue weighted by Gasteiger charge is 2.22. The third-order valence-corrected chi connectivity index (χ3v) is 3.87. The van der Waals surface area contributed by atoms with E-state index in [1.807, 2.05) is 0 Å². The molecule has 0 radical (unpaired) electrons. The van der Waals surface area contributed by atoms with Gasteiger partial charge in [0.1, 0.15) is 5.82 Å². The van der Waals surface area contributed by atoms with Gasteiger partial charge in [-0.1, -0.05) is 6.42 Å². The molecule has 0 amide bonds. The number of aryl methyl sites for hydroxylation is 1. The molecule has 2 aliphatic rings. The summed E-state index contributed by atoms with van der Waals surface area (Å²) in [5, 5.41) is 3.46. The van der Waals surface area contributed by atoms with Crippen LogP contribution in [0.3, 0.4) is 0 Å². The molecule has 2 heterocycles. The molecule has 1 saturated heterocycles. The van der Waals surface area contributed by atoms with Crippen molar-refractivity contribution in [1.82, 2.24) is 15.3 Å². The van der Waals surface area contributed by atoms with Gasteiger partial charge < -0.3 is 10.1 Å². The summed E-state index contributed by atoms with van der Waals surface area (Å²) in [6.07, 6.45) is 4.81. The van der Waals surface area contributed by atoms with Crippen molar-refractivity contribution in [2.45, 2.75) is 44.6 Å². The Labute approximate surface area is 108 Å². The van der Waals surface area contributed by atoms with E-state index >= 15 is 0 Å². The second kappa shape index (κ2) is 5.33. The van der Waals surface area contributed by atoms with Crippen molar-refractivity contribution >= 4 is 0 Å². The highest BCUT2D eigenvalue weighted by Crippen LogP contribution is 2.35. The van der Waals surface area contributed by atoms with Gasteiger partial charge in [0.15, 0.2) is 0 Å². The zero-order valence-corrected chi connectivity index (χ0v) is 11.0. The smallest absolute Gasteiger partial charge is 0.130 e. The molecule has 2 fully saturated rings. The molecule has 0 spiro atoms. The maximum Gasteiger partial charge on any atom is 0.130 e. The average molecular weight is 247 g/mol. The number of nitrogens with one attached hydrogen (secondary N) is 1. The van der Waals surface area contributed by atoms with Crippen LogP contribution in [0.1, 0.15) is 42.4 Å². The molecular weight excluding hydrogens is 226 g/mol. The lowest BCUT2D eigenvalue weighted by atomic mass is 9.82. The van der Waals surface area contributed by atoms with Crippen LogP contribution in [0.25, 0.3) is 0 Å². The Bertz CT molecular complexity index is 412. The summed E-state index contributed by atoms with van der Waals surface area (Å²) >= 11 is 0. The molecule has 1 aliphatic carbocycles. The highest BCUT2D eigenvalue weighted by molar-refractivity contribution is 5.16. The number of morpholine rings is 1. The molecule has 18 heavy (non-hydrogen) atoms. The normalized spacial score (nSPS) is 24.8. The van der Waals surface area contributed by atoms with Gasteiger partial charge in [0.05, 0.1) is 13.2 Å². The van der Waals surface area contributed by atoms with E-state index in [4.69, 9.17) is 9.72 Å². The third-order valence-electron chi connectivity index (χ3n) is 3.87. The van der Waals surface area contributed by atoms with Crippen molar-refractivity contribution < 1.29 is 4.74 Å². The maximum absolute atomic E-state index is 5.48. The van der Waals surface area contributed by atoms with E-state index in [1.54, 1.807) is 0 Å². The fourth-order valence-electron chi connectivity index (χ4n) is 2.63. The summed E-state index contributed by atoms with van der Waals surface area (Å²) in [5.74, 6) is 1.65. The lowest BCUT2D eigenvalue weighted by molar-refractivity contribution is 0.0763. The quantitative estimate of drug-likeness (QED) is 0.881. The topological polar surface area (TPSA) is 47.0 Å². The number of rotatable bonds is 3. The first-order valence-electron chi connectivity index (χ1n) is 6.97. The molecule has 3 rings (SSSR count). The first-order chi connectivity index (χ1) is 8.81. The SMILES string of the molecule is Cc1cc(C2CCC2)nc(CC2COCCN2)n1. The zero-order valence-electron chi connectivity index (χ0n) is 11.0. The molecule has 0 bridgehead atoms. The van der Waals surface area contributed by atoms with Crippen molar-refractivity contribution in [3.05, 3.63) is 23.3 Å². The maximum atomic E-state index is 5.48. The summed E-state index contributed by atoms with van der Waals surface area (Å²) in [4.78, 5) is 9.31. The van der Waals surface area contributed by atoms with E-state index in [1.165, 1.54) is 25.0 Å². The van der Waals surface area contributed by atoms with Crippen LogP contribution in [0.15, 0.2) is 6.07 Å². The van der Waals surface area contributed by atoms with Gasteiger partial charge in [-0.05, 0) is 25.8 Å². The lowest BCUT2D eigenvalue weighted by Crippen LogP contribution is -2.42. The highest BCUT2D eigenvalue weighted by atomic mass is 16.5. The fourth-order valence-corrected chi connectivity index (χ4v) is 2.63. The minimum Gasteiger partial charge on any atom is -0.379 e. The first kappa shape index (κ1) is 12.1. The summed E-state index contributed by atoms with van der Waals surface area (Å²) in [5.41, 5.74) is 2.35. The predicted octanol–water partition coefficient (Wildman–Crippen LogP) is 1.58. The second-order valence-electron chi connectivity index (χ2n) is 5.41. The Morgan fingerprint density at radius 2 is 2.28 bits per heavy atom. The molecule has 1 unspecified atom stereocenters. The summed E-state index contributed by atoms with van der Waals surface area (Å²) in [6.45, 7) is 4.60. The Hall–Kier alpha value is -1.00. The summed E-state index contributed by atoms with van der Waals surface area (Å²) in [6, 6.07) is 2.52. The van der Waals surface area contributed by atoms with Crippen LogP contribution in [-0.4, -0.2) is 35.8 Å². The van der Waals surface area contributed by atoms with E-state index in [0.29, 0.717) is 12.0 Å². The molecule has 98 valence electrons. The molecule has 1 atom stereocenters. The molecular formula is C14H21N3O. The largest absolute Gasteiger partial charge is 0.379 e. The van der Waals surface area contributed by atoms with E-state index in [9.17, 15) is 0 Å². The zero-order chi connectivity index (χ0) is 12.4. The number of hydrogen-bond donors (Lipinski definition) is 1. The lowest BCUT2D eigenvalue weighted by Gasteiger charge is -2.26. The minimum absolute atomic E-state index is 0.370. The standard InChI is InChI=1S/C14H21N3O/c1-10-7-13(11-3-2-4-11)17-14(16-10)8-12-9-18-6-5-15-12/h7,11-12,15H,2-6,8-9H2,1H3. The van der Waals surface area contributed by atoms with Gasteiger partial charge in [0, 0.05) is 36.3 Å². The van der Waals surface area contributed by atoms with Crippen LogP contribution in [-0.2, 0) is 11.2 Å². The fraction of sp³-hybridized carbons (Fsp3) is 0.714. The Morgan fingerprint density at radius 1 is 1.39 bits per heavy atom. The minimum atomic E-state index is 0.370. The summed E-state index contributed by atoms with van der Waals surface area (Å²) < 4.78 is 5.48. The summed E-state index contributed by atoms with van der Waals surface area (Å²) in [7, 11) is 0. The predicted molar refractivity (Wildman–Crippen MR) is 69.7 cm³/mol. The number of nitrogens with zero attached hydrogens (tertiary/aromatic N) is 2. The average Bonchev–Trinajstić information content (AvgIpc) is 2.27. The van der Waals surface area contributed by atoms with Crippen LogP contribution in [0.5, 0.6) is 0 Å². The van der Waals surface area contributed by atoms with Crippen molar-refractivity contribution in [3.8, 4) is 0 Å². The molecule has 0 aromatic carbocycles.